The first-order valence-electron chi connectivity index (χ1n) is 12.0. The fourth-order valence-electron chi connectivity index (χ4n) is 3.80. The van der Waals surface area contributed by atoms with Crippen LogP contribution in [0, 0.1) is 0 Å². The van der Waals surface area contributed by atoms with Crippen LogP contribution in [0.2, 0.25) is 0 Å². The van der Waals surface area contributed by atoms with Crippen molar-refractivity contribution in [2.75, 3.05) is 6.61 Å². The Kier molecular flexibility index (Phi) is 11.7. The molecule has 184 valence electrons. The third-order valence-electron chi connectivity index (χ3n) is 5.68. The highest BCUT2D eigenvalue weighted by molar-refractivity contribution is 6.13. The Hall–Kier alpha value is -3.35. The summed E-state index contributed by atoms with van der Waals surface area (Å²) in [6, 6.07) is 11.4. The van der Waals surface area contributed by atoms with Gasteiger partial charge in [0.05, 0.1) is 12.2 Å². The lowest BCUT2D eigenvalue weighted by atomic mass is 9.97. The minimum absolute atomic E-state index is 0.0579. The lowest BCUT2D eigenvalue weighted by molar-refractivity contribution is -0.136. The van der Waals surface area contributed by atoms with Gasteiger partial charge in [-0.15, -0.1) is 0 Å². The van der Waals surface area contributed by atoms with Crippen LogP contribution in [0.5, 0.6) is 5.75 Å². The zero-order chi connectivity index (χ0) is 24.8. The van der Waals surface area contributed by atoms with E-state index in [0.717, 1.165) is 12.8 Å². The molecule has 0 spiro atoms. The van der Waals surface area contributed by atoms with Crippen LogP contribution in [-0.4, -0.2) is 39.7 Å². The van der Waals surface area contributed by atoms with E-state index in [9.17, 15) is 19.9 Å². The average molecular weight is 470 g/mol. The number of hydrogen-bond acceptors (Lipinski definition) is 5. The average Bonchev–Trinajstić information content (AvgIpc) is 2.83. The molecule has 0 bridgehead atoms. The maximum absolute atomic E-state index is 11.3. The van der Waals surface area contributed by atoms with Crippen LogP contribution >= 0.6 is 0 Å². The number of ether oxygens (including phenoxy) is 1. The molecule has 2 aromatic rings. The largest absolute Gasteiger partial charge is 0.493 e. The predicted molar refractivity (Wildman–Crippen MR) is 131 cm³/mol. The lowest BCUT2D eigenvalue weighted by Gasteiger charge is -2.14. The van der Waals surface area contributed by atoms with Gasteiger partial charge in [-0.1, -0.05) is 69.2 Å². The van der Waals surface area contributed by atoms with Crippen molar-refractivity contribution in [1.82, 2.24) is 0 Å². The first-order chi connectivity index (χ1) is 16.5. The Bertz CT molecular complexity index is 969. The van der Waals surface area contributed by atoms with Gasteiger partial charge in [0.2, 0.25) is 0 Å². The molecule has 0 amide bonds. The zero-order valence-electron chi connectivity index (χ0n) is 19.8. The van der Waals surface area contributed by atoms with E-state index in [1.54, 1.807) is 30.3 Å². The molecule has 0 saturated heterocycles. The Morgan fingerprint density at radius 2 is 1.50 bits per heavy atom. The highest BCUT2D eigenvalue weighted by atomic mass is 16.5. The van der Waals surface area contributed by atoms with E-state index in [2.05, 4.69) is 12.1 Å². The summed E-state index contributed by atoms with van der Waals surface area (Å²) in [4.78, 5) is 22.4. The molecule has 0 atom stereocenters. The van der Waals surface area contributed by atoms with E-state index < -0.39 is 11.9 Å². The monoisotopic (exact) mass is 469 g/mol. The number of rotatable bonds is 16. The van der Waals surface area contributed by atoms with Crippen LogP contribution in [0.15, 0.2) is 47.6 Å². The number of carboxylic acids is 2. The van der Waals surface area contributed by atoms with Gasteiger partial charge in [-0.05, 0) is 48.7 Å². The Morgan fingerprint density at radius 1 is 0.853 bits per heavy atom. The second-order valence-electron chi connectivity index (χ2n) is 8.37. The summed E-state index contributed by atoms with van der Waals surface area (Å²) < 4.78 is 5.97. The van der Waals surface area contributed by atoms with Crippen molar-refractivity contribution in [3.63, 3.8) is 0 Å². The molecule has 0 aliphatic heterocycles. The molecule has 0 aliphatic rings. The predicted octanol–water partition coefficient (Wildman–Crippen LogP) is 6.15. The second-order valence-corrected chi connectivity index (χ2v) is 8.37. The molecule has 2 rings (SSSR count). The number of hydrogen-bond donors (Lipinski definition) is 3. The van der Waals surface area contributed by atoms with Crippen LogP contribution in [0.4, 0.5) is 0 Å². The molecule has 0 aromatic heterocycles. The highest BCUT2D eigenvalue weighted by Crippen LogP contribution is 2.25. The Labute approximate surface area is 201 Å². The molecular weight excluding hydrogens is 434 g/mol. The van der Waals surface area contributed by atoms with E-state index in [4.69, 9.17) is 9.84 Å². The molecule has 0 heterocycles. The number of unbranched alkanes of at least 4 members (excludes halogenated alkanes) is 7. The molecule has 0 unspecified atom stereocenters. The zero-order valence-corrected chi connectivity index (χ0v) is 19.8. The van der Waals surface area contributed by atoms with Crippen LogP contribution in [-0.2, 0) is 11.2 Å². The minimum atomic E-state index is -1.08. The molecule has 3 N–H and O–H groups in total. The van der Waals surface area contributed by atoms with Crippen LogP contribution < -0.4 is 4.74 Å². The van der Waals surface area contributed by atoms with E-state index in [-0.39, 0.29) is 24.1 Å². The van der Waals surface area contributed by atoms with Crippen molar-refractivity contribution in [2.24, 2.45) is 5.16 Å². The number of oxime groups is 1. The normalized spacial score (nSPS) is 11.4. The number of aromatic carboxylic acids is 1. The molecule has 34 heavy (non-hydrogen) atoms. The lowest BCUT2D eigenvalue weighted by Crippen LogP contribution is -2.08. The minimum Gasteiger partial charge on any atom is -0.493 e. The number of aryl methyl sites for hydroxylation is 1. The quantitative estimate of drug-likeness (QED) is 0.118. The summed E-state index contributed by atoms with van der Waals surface area (Å²) in [6.45, 7) is 2.76. The maximum atomic E-state index is 11.3. The van der Waals surface area contributed by atoms with Gasteiger partial charge in [0.15, 0.2) is 0 Å². The smallest absolute Gasteiger partial charge is 0.335 e. The SMILES string of the molecule is CCCCCCCCCCOc1ccc(/C(=N/O)c2cccc(C(=O)O)c2)cc1CCC(=O)O. The van der Waals surface area contributed by atoms with Crippen molar-refractivity contribution in [1.29, 1.82) is 0 Å². The Balaban J connectivity index is 2.08. The van der Waals surface area contributed by atoms with Crippen molar-refractivity contribution in [3.05, 3.63) is 64.7 Å². The number of benzene rings is 2. The highest BCUT2D eigenvalue weighted by Gasteiger charge is 2.15. The van der Waals surface area contributed by atoms with Gasteiger partial charge in [0.1, 0.15) is 11.5 Å². The van der Waals surface area contributed by atoms with E-state index in [1.807, 2.05) is 0 Å². The molecular formula is C27H35NO6. The number of aliphatic carboxylic acids is 1. The van der Waals surface area contributed by atoms with Crippen LogP contribution in [0.3, 0.4) is 0 Å². The van der Waals surface area contributed by atoms with Gasteiger partial charge >= 0.3 is 11.9 Å². The standard InChI is InChI=1S/C27H35NO6/c1-2-3-4-5-6-7-8-9-17-34-24-15-13-22(18-20(24)14-16-25(29)30)26(28-33)21-11-10-12-23(19-21)27(31)32/h10-13,15,18-19,33H,2-9,14,16-17H2,1H3,(H,29,30)(H,31,32)/b28-26+. The van der Waals surface area contributed by atoms with Crippen molar-refractivity contribution in [2.45, 2.75) is 71.1 Å². The van der Waals surface area contributed by atoms with Crippen LogP contribution in [0.25, 0.3) is 0 Å². The van der Waals surface area contributed by atoms with E-state index in [0.29, 0.717) is 29.0 Å². The summed E-state index contributed by atoms with van der Waals surface area (Å²) in [5.74, 6) is -1.37. The van der Waals surface area contributed by atoms with Crippen molar-refractivity contribution < 1.29 is 29.7 Å². The van der Waals surface area contributed by atoms with Gasteiger partial charge in [0, 0.05) is 17.5 Å². The number of carboxylic acid groups (broad SMARTS) is 2. The van der Waals surface area contributed by atoms with Gasteiger partial charge < -0.3 is 20.2 Å². The van der Waals surface area contributed by atoms with E-state index >= 15 is 0 Å². The molecule has 0 aliphatic carbocycles. The summed E-state index contributed by atoms with van der Waals surface area (Å²) in [6.07, 6.45) is 9.78. The fourth-order valence-corrected chi connectivity index (χ4v) is 3.80. The summed E-state index contributed by atoms with van der Waals surface area (Å²) in [5.41, 5.74) is 1.98. The van der Waals surface area contributed by atoms with Crippen molar-refractivity contribution >= 4 is 17.7 Å². The second kappa shape index (κ2) is 14.7. The number of carbonyl (C=O) groups is 2. The number of nitrogens with zero attached hydrogens (tertiary/aromatic N) is 1. The van der Waals surface area contributed by atoms with E-state index in [1.165, 1.54) is 50.7 Å². The van der Waals surface area contributed by atoms with Crippen LogP contribution in [0.1, 0.15) is 91.8 Å². The first kappa shape index (κ1) is 26.9. The topological polar surface area (TPSA) is 116 Å². The molecule has 0 radical (unpaired) electrons. The molecule has 7 heteroatoms. The molecule has 2 aromatic carbocycles. The van der Waals surface area contributed by atoms with Gasteiger partial charge in [-0.2, -0.15) is 0 Å². The summed E-state index contributed by atoms with van der Waals surface area (Å²) >= 11 is 0. The summed E-state index contributed by atoms with van der Waals surface area (Å²) in [5, 5.41) is 31.4. The van der Waals surface area contributed by atoms with Gasteiger partial charge in [0.25, 0.3) is 0 Å². The third kappa shape index (κ3) is 8.89. The fraction of sp³-hybridized carbons (Fsp3) is 0.444. The Morgan fingerprint density at radius 3 is 2.15 bits per heavy atom. The third-order valence-corrected chi connectivity index (χ3v) is 5.68. The molecule has 7 nitrogen and oxygen atoms in total. The maximum Gasteiger partial charge on any atom is 0.335 e. The van der Waals surface area contributed by atoms with Gasteiger partial charge in [-0.3, -0.25) is 4.79 Å². The first-order valence-corrected chi connectivity index (χ1v) is 12.0. The summed E-state index contributed by atoms with van der Waals surface area (Å²) in [7, 11) is 0. The molecule has 0 fully saturated rings. The van der Waals surface area contributed by atoms with Crippen molar-refractivity contribution in [3.8, 4) is 5.75 Å². The molecule has 0 saturated carbocycles. The van der Waals surface area contributed by atoms with Gasteiger partial charge in [-0.25, -0.2) is 4.79 Å².